The van der Waals surface area contributed by atoms with Crippen molar-refractivity contribution in [3.05, 3.63) is 34.3 Å². The van der Waals surface area contributed by atoms with Crippen molar-refractivity contribution in [3.63, 3.8) is 0 Å². The fraction of sp³-hybridized carbons (Fsp3) is 0.579. The van der Waals surface area contributed by atoms with Crippen molar-refractivity contribution in [1.29, 1.82) is 0 Å². The van der Waals surface area contributed by atoms with Gasteiger partial charge in [-0.05, 0) is 37.0 Å². The van der Waals surface area contributed by atoms with E-state index in [9.17, 15) is 9.59 Å². The maximum Gasteiger partial charge on any atom is 0.225 e. The van der Waals surface area contributed by atoms with Gasteiger partial charge in [0, 0.05) is 10.5 Å². The van der Waals surface area contributed by atoms with E-state index >= 15 is 0 Å². The molecule has 4 nitrogen and oxygen atoms in total. The minimum Gasteiger partial charge on any atom is -0.381 e. The number of hydrogen-bond donors (Lipinski definition) is 0. The van der Waals surface area contributed by atoms with Gasteiger partial charge in [-0.2, -0.15) is 0 Å². The van der Waals surface area contributed by atoms with Crippen LogP contribution < -0.4 is 0 Å². The smallest absolute Gasteiger partial charge is 0.225 e. The van der Waals surface area contributed by atoms with Crippen molar-refractivity contribution < 1.29 is 14.3 Å². The second kappa shape index (κ2) is 10.6. The summed E-state index contributed by atoms with van der Waals surface area (Å²) in [6.07, 6.45) is 7.58. The summed E-state index contributed by atoms with van der Waals surface area (Å²) in [4.78, 5) is 25.0. The molecule has 1 saturated carbocycles. The van der Waals surface area contributed by atoms with E-state index < -0.39 is 0 Å². The Bertz CT molecular complexity index is 529. The molecular weight excluding hydrogens is 370 g/mol. The van der Waals surface area contributed by atoms with Gasteiger partial charge in [-0.3, -0.25) is 4.79 Å². The first-order valence-corrected chi connectivity index (χ1v) is 9.55. The summed E-state index contributed by atoms with van der Waals surface area (Å²) in [7, 11) is 0. The second-order valence-electron chi connectivity index (χ2n) is 6.25. The lowest BCUT2D eigenvalue weighted by Crippen LogP contribution is -2.42. The van der Waals surface area contributed by atoms with Crippen LogP contribution in [0.2, 0.25) is 0 Å². The van der Waals surface area contributed by atoms with E-state index in [1.54, 1.807) is 4.90 Å². The normalized spacial score (nSPS) is 15.2. The highest BCUT2D eigenvalue weighted by molar-refractivity contribution is 9.10. The Morgan fingerprint density at radius 1 is 1.25 bits per heavy atom. The highest BCUT2D eigenvalue weighted by Gasteiger charge is 2.24. The number of hydrogen-bond acceptors (Lipinski definition) is 3. The number of nitrogens with zero attached hydrogens (tertiary/aromatic N) is 1. The van der Waals surface area contributed by atoms with Crippen LogP contribution in [0.15, 0.2) is 28.7 Å². The van der Waals surface area contributed by atoms with Crippen molar-refractivity contribution in [2.45, 2.75) is 51.0 Å². The van der Waals surface area contributed by atoms with Crippen LogP contribution in [-0.2, 0) is 20.7 Å². The van der Waals surface area contributed by atoms with Crippen LogP contribution in [0, 0.1) is 0 Å². The lowest BCUT2D eigenvalue weighted by atomic mass is 9.94. The fourth-order valence-electron chi connectivity index (χ4n) is 3.22. The minimum atomic E-state index is 0.0384. The summed E-state index contributed by atoms with van der Waals surface area (Å²) in [5, 5.41) is 0. The predicted molar refractivity (Wildman–Crippen MR) is 97.9 cm³/mol. The van der Waals surface area contributed by atoms with Crippen LogP contribution in [0.3, 0.4) is 0 Å². The molecule has 0 spiro atoms. The Hall–Kier alpha value is -1.20. The van der Waals surface area contributed by atoms with Gasteiger partial charge >= 0.3 is 0 Å². The van der Waals surface area contributed by atoms with E-state index in [2.05, 4.69) is 28.1 Å². The molecule has 0 aromatic heterocycles. The van der Waals surface area contributed by atoms with Crippen LogP contribution in [0.4, 0.5) is 0 Å². The molecule has 1 aromatic rings. The molecule has 5 heteroatoms. The number of rotatable bonds is 9. The maximum absolute atomic E-state index is 12.4. The quantitative estimate of drug-likeness (QED) is 0.472. The summed E-state index contributed by atoms with van der Waals surface area (Å²) < 4.78 is 6.67. The Kier molecular flexibility index (Phi) is 8.47. The molecule has 0 atom stereocenters. The molecule has 0 saturated heterocycles. The Morgan fingerprint density at radius 3 is 2.75 bits per heavy atom. The molecule has 1 aliphatic carbocycles. The van der Waals surface area contributed by atoms with Crippen molar-refractivity contribution in [2.75, 3.05) is 19.8 Å². The molecule has 1 fully saturated rings. The summed E-state index contributed by atoms with van der Waals surface area (Å²) in [5.74, 6) is 0.0384. The van der Waals surface area contributed by atoms with Crippen LogP contribution in [0.25, 0.3) is 0 Å². The van der Waals surface area contributed by atoms with E-state index in [1.165, 1.54) is 12.0 Å². The average molecular weight is 396 g/mol. The van der Waals surface area contributed by atoms with Crippen LogP contribution >= 0.6 is 15.9 Å². The van der Waals surface area contributed by atoms with Gasteiger partial charge in [0.2, 0.25) is 5.91 Å². The molecule has 1 aliphatic rings. The minimum absolute atomic E-state index is 0.0384. The SMILES string of the molecule is O=CCN(C(=O)CCOCCc1cccc(Br)c1)C1CCCCC1. The number of halogens is 1. The van der Waals surface area contributed by atoms with Gasteiger partial charge in [-0.1, -0.05) is 47.3 Å². The lowest BCUT2D eigenvalue weighted by Gasteiger charge is -2.33. The summed E-state index contributed by atoms with van der Waals surface area (Å²) in [6, 6.07) is 8.37. The third-order valence-corrected chi connectivity index (χ3v) is 4.98. The largest absolute Gasteiger partial charge is 0.381 e. The van der Waals surface area contributed by atoms with E-state index in [-0.39, 0.29) is 18.5 Å². The Morgan fingerprint density at radius 2 is 2.04 bits per heavy atom. The first-order chi connectivity index (χ1) is 11.7. The van der Waals surface area contributed by atoms with E-state index in [4.69, 9.17) is 4.74 Å². The van der Waals surface area contributed by atoms with Gasteiger partial charge in [0.05, 0.1) is 26.2 Å². The first kappa shape index (κ1) is 19.1. The van der Waals surface area contributed by atoms with Crippen LogP contribution in [0.1, 0.15) is 44.1 Å². The van der Waals surface area contributed by atoms with Crippen LogP contribution in [0.5, 0.6) is 0 Å². The number of aldehydes is 1. The number of carbonyl (C=O) groups excluding carboxylic acids is 2. The third kappa shape index (κ3) is 6.36. The average Bonchev–Trinajstić information content (AvgIpc) is 2.60. The van der Waals surface area contributed by atoms with E-state index in [0.29, 0.717) is 19.6 Å². The molecule has 0 aliphatic heterocycles. The molecule has 0 unspecified atom stereocenters. The zero-order chi connectivity index (χ0) is 17.2. The molecule has 1 amide bonds. The topological polar surface area (TPSA) is 46.6 Å². The Labute approximate surface area is 152 Å². The number of ether oxygens (including phenoxy) is 1. The summed E-state index contributed by atoms with van der Waals surface area (Å²) in [5.41, 5.74) is 1.21. The van der Waals surface area contributed by atoms with Gasteiger partial charge in [0.15, 0.2) is 0 Å². The number of carbonyl (C=O) groups is 2. The van der Waals surface area contributed by atoms with Gasteiger partial charge in [-0.25, -0.2) is 0 Å². The predicted octanol–water partition coefficient (Wildman–Crippen LogP) is 3.76. The van der Waals surface area contributed by atoms with Crippen LogP contribution in [-0.4, -0.2) is 42.9 Å². The molecule has 0 radical (unpaired) electrons. The zero-order valence-corrected chi connectivity index (χ0v) is 15.7. The summed E-state index contributed by atoms with van der Waals surface area (Å²) in [6.45, 7) is 1.22. The van der Waals surface area contributed by atoms with Crippen molar-refractivity contribution in [2.24, 2.45) is 0 Å². The lowest BCUT2D eigenvalue weighted by molar-refractivity contribution is -0.137. The third-order valence-electron chi connectivity index (χ3n) is 4.49. The molecule has 2 rings (SSSR count). The van der Waals surface area contributed by atoms with Crippen molar-refractivity contribution >= 4 is 28.1 Å². The molecule has 132 valence electrons. The maximum atomic E-state index is 12.4. The van der Waals surface area contributed by atoms with Crippen molar-refractivity contribution in [3.8, 4) is 0 Å². The monoisotopic (exact) mass is 395 g/mol. The van der Waals surface area contributed by atoms with Gasteiger partial charge in [0.1, 0.15) is 6.29 Å². The standard InChI is InChI=1S/C19H26BrNO3/c20-17-6-4-5-16(15-17)9-13-24-14-10-19(23)21(11-12-22)18-7-2-1-3-8-18/h4-6,12,15,18H,1-3,7-11,13-14H2. The molecule has 1 aromatic carbocycles. The molecule has 0 bridgehead atoms. The Balaban J connectivity index is 1.69. The number of amides is 1. The van der Waals surface area contributed by atoms with Gasteiger partial charge in [0.25, 0.3) is 0 Å². The first-order valence-electron chi connectivity index (χ1n) is 8.76. The highest BCUT2D eigenvalue weighted by Crippen LogP contribution is 2.22. The highest BCUT2D eigenvalue weighted by atomic mass is 79.9. The summed E-state index contributed by atoms with van der Waals surface area (Å²) >= 11 is 3.45. The van der Waals surface area contributed by atoms with E-state index in [0.717, 1.165) is 42.9 Å². The molecule has 0 heterocycles. The molecule has 0 N–H and O–H groups in total. The second-order valence-corrected chi connectivity index (χ2v) is 7.16. The molecular formula is C19H26BrNO3. The van der Waals surface area contributed by atoms with Gasteiger partial charge < -0.3 is 14.4 Å². The number of benzene rings is 1. The fourth-order valence-corrected chi connectivity index (χ4v) is 3.66. The van der Waals surface area contributed by atoms with Crippen molar-refractivity contribution in [1.82, 2.24) is 4.90 Å². The zero-order valence-electron chi connectivity index (χ0n) is 14.1. The van der Waals surface area contributed by atoms with E-state index in [1.807, 2.05) is 12.1 Å². The van der Waals surface area contributed by atoms with Gasteiger partial charge in [-0.15, -0.1) is 0 Å². The molecule has 24 heavy (non-hydrogen) atoms.